The topological polar surface area (TPSA) is 61.8 Å². The minimum Gasteiger partial charge on any atom is -0.465 e. The number of esters is 2. The second kappa shape index (κ2) is 8.05. The minimum atomic E-state index is -2.89. The Morgan fingerprint density at radius 1 is 0.958 bits per heavy atom. The molecule has 2 aromatic rings. The number of rotatable bonds is 6. The molecule has 2 rings (SSSR count). The summed E-state index contributed by atoms with van der Waals surface area (Å²) in [5.41, 5.74) is 0.930. The maximum atomic E-state index is 12.0. The van der Waals surface area contributed by atoms with E-state index in [-0.39, 0.29) is 17.9 Å². The third-order valence-corrected chi connectivity index (χ3v) is 3.00. The predicted molar refractivity (Wildman–Crippen MR) is 80.2 cm³/mol. The Hall–Kier alpha value is -2.96. The van der Waals surface area contributed by atoms with Gasteiger partial charge in [-0.05, 0) is 42.0 Å². The van der Waals surface area contributed by atoms with Gasteiger partial charge in [-0.1, -0.05) is 12.1 Å². The molecule has 0 bridgehead atoms. The van der Waals surface area contributed by atoms with Crippen molar-refractivity contribution in [2.24, 2.45) is 0 Å². The molecule has 2 aromatic carbocycles. The molecule has 126 valence electrons. The van der Waals surface area contributed by atoms with Crippen LogP contribution in [0, 0.1) is 0 Å². The molecular formula is C17H14F2O5. The van der Waals surface area contributed by atoms with Crippen molar-refractivity contribution in [3.8, 4) is 11.5 Å². The van der Waals surface area contributed by atoms with Crippen LogP contribution in [0.3, 0.4) is 0 Å². The highest BCUT2D eigenvalue weighted by molar-refractivity contribution is 5.89. The van der Waals surface area contributed by atoms with Crippen LogP contribution in [0.2, 0.25) is 0 Å². The molecule has 0 unspecified atom stereocenters. The van der Waals surface area contributed by atoms with Gasteiger partial charge in [0.15, 0.2) is 0 Å². The van der Waals surface area contributed by atoms with E-state index in [4.69, 9.17) is 4.74 Å². The summed E-state index contributed by atoms with van der Waals surface area (Å²) in [7, 11) is 1.27. The number of halogens is 2. The van der Waals surface area contributed by atoms with Crippen LogP contribution in [0.1, 0.15) is 15.9 Å². The van der Waals surface area contributed by atoms with E-state index in [2.05, 4.69) is 9.47 Å². The van der Waals surface area contributed by atoms with Gasteiger partial charge in [0.1, 0.15) is 11.5 Å². The smallest absolute Gasteiger partial charge is 0.387 e. The molecule has 0 saturated heterocycles. The highest BCUT2D eigenvalue weighted by Crippen LogP contribution is 2.17. The molecule has 0 N–H and O–H groups in total. The lowest BCUT2D eigenvalue weighted by Crippen LogP contribution is -2.11. The summed E-state index contributed by atoms with van der Waals surface area (Å²) in [5, 5.41) is 0. The Kier molecular flexibility index (Phi) is 5.83. The van der Waals surface area contributed by atoms with Crippen molar-refractivity contribution >= 4 is 11.9 Å². The zero-order valence-electron chi connectivity index (χ0n) is 12.7. The number of carbonyl (C=O) groups is 2. The maximum absolute atomic E-state index is 12.0. The van der Waals surface area contributed by atoms with Gasteiger partial charge in [-0.3, -0.25) is 4.79 Å². The van der Waals surface area contributed by atoms with E-state index < -0.39 is 18.6 Å². The van der Waals surface area contributed by atoms with Gasteiger partial charge in [-0.2, -0.15) is 8.78 Å². The first kappa shape index (κ1) is 17.4. The van der Waals surface area contributed by atoms with Crippen LogP contribution in [0.25, 0.3) is 0 Å². The van der Waals surface area contributed by atoms with Gasteiger partial charge in [-0.25, -0.2) is 4.79 Å². The lowest BCUT2D eigenvalue weighted by molar-refractivity contribution is -0.133. The lowest BCUT2D eigenvalue weighted by Gasteiger charge is -2.07. The summed E-state index contributed by atoms with van der Waals surface area (Å²) in [4.78, 5) is 23.1. The van der Waals surface area contributed by atoms with Gasteiger partial charge in [0, 0.05) is 0 Å². The number of hydrogen-bond donors (Lipinski definition) is 0. The van der Waals surface area contributed by atoms with Crippen LogP contribution in [0.4, 0.5) is 8.78 Å². The van der Waals surface area contributed by atoms with Crippen molar-refractivity contribution in [3.05, 3.63) is 59.7 Å². The average molecular weight is 336 g/mol. The third-order valence-electron chi connectivity index (χ3n) is 3.00. The molecule has 24 heavy (non-hydrogen) atoms. The van der Waals surface area contributed by atoms with E-state index in [0.717, 1.165) is 0 Å². The molecule has 7 heteroatoms. The molecule has 0 aliphatic heterocycles. The monoisotopic (exact) mass is 336 g/mol. The Labute approximate surface area is 136 Å². The lowest BCUT2D eigenvalue weighted by atomic mass is 10.1. The van der Waals surface area contributed by atoms with Crippen LogP contribution >= 0.6 is 0 Å². The van der Waals surface area contributed by atoms with Crippen molar-refractivity contribution in [1.82, 2.24) is 0 Å². The van der Waals surface area contributed by atoms with Gasteiger partial charge in [0.25, 0.3) is 0 Å². The highest BCUT2D eigenvalue weighted by atomic mass is 19.3. The molecule has 5 nitrogen and oxygen atoms in total. The molecule has 0 aliphatic carbocycles. The molecule has 0 atom stereocenters. The summed E-state index contributed by atoms with van der Waals surface area (Å²) >= 11 is 0. The van der Waals surface area contributed by atoms with Crippen LogP contribution in [0.5, 0.6) is 11.5 Å². The molecular weight excluding hydrogens is 322 g/mol. The van der Waals surface area contributed by atoms with Crippen molar-refractivity contribution in [1.29, 1.82) is 0 Å². The number of ether oxygens (including phenoxy) is 3. The summed E-state index contributed by atoms with van der Waals surface area (Å²) in [6.45, 7) is -2.89. The summed E-state index contributed by atoms with van der Waals surface area (Å²) in [6, 6.07) is 11.6. The Bertz CT molecular complexity index is 696. The van der Waals surface area contributed by atoms with E-state index in [1.807, 2.05) is 0 Å². The van der Waals surface area contributed by atoms with Gasteiger partial charge >= 0.3 is 18.6 Å². The molecule has 0 aromatic heterocycles. The van der Waals surface area contributed by atoms with E-state index >= 15 is 0 Å². The first-order valence-electron chi connectivity index (χ1n) is 6.90. The highest BCUT2D eigenvalue weighted by Gasteiger charge is 2.10. The standard InChI is InChI=1S/C17H14F2O5/c1-22-16(21)12-4-8-13(9-5-12)23-15(20)10-11-2-6-14(7-3-11)24-17(18)19/h2-9,17H,10H2,1H3. The SMILES string of the molecule is COC(=O)c1ccc(OC(=O)Cc2ccc(OC(F)F)cc2)cc1. The average Bonchev–Trinajstić information content (AvgIpc) is 2.56. The number of carbonyl (C=O) groups excluding carboxylic acids is 2. The summed E-state index contributed by atoms with van der Waals surface area (Å²) in [6.07, 6.45) is -0.0340. The second-order valence-corrected chi connectivity index (χ2v) is 4.69. The van der Waals surface area contributed by atoms with E-state index in [1.54, 1.807) is 0 Å². The van der Waals surface area contributed by atoms with Crippen LogP contribution in [0.15, 0.2) is 48.5 Å². The van der Waals surface area contributed by atoms with E-state index in [1.165, 1.54) is 55.6 Å². The fourth-order valence-electron chi connectivity index (χ4n) is 1.90. The quantitative estimate of drug-likeness (QED) is 0.599. The summed E-state index contributed by atoms with van der Waals surface area (Å²) in [5.74, 6) is -0.715. The Morgan fingerprint density at radius 3 is 2.08 bits per heavy atom. The molecule has 0 spiro atoms. The summed E-state index contributed by atoms with van der Waals surface area (Å²) < 4.78 is 38.0. The normalized spacial score (nSPS) is 10.3. The molecule has 0 aliphatic rings. The molecule has 0 amide bonds. The van der Waals surface area contributed by atoms with Gasteiger partial charge in [-0.15, -0.1) is 0 Å². The predicted octanol–water partition coefficient (Wildman–Crippen LogP) is 3.22. The van der Waals surface area contributed by atoms with Gasteiger partial charge < -0.3 is 14.2 Å². The van der Waals surface area contributed by atoms with Crippen molar-refractivity contribution in [3.63, 3.8) is 0 Å². The molecule has 0 radical (unpaired) electrons. The third kappa shape index (κ3) is 5.05. The second-order valence-electron chi connectivity index (χ2n) is 4.69. The van der Waals surface area contributed by atoms with Crippen molar-refractivity contribution in [2.45, 2.75) is 13.0 Å². The molecule has 0 fully saturated rings. The van der Waals surface area contributed by atoms with Crippen LogP contribution < -0.4 is 9.47 Å². The minimum absolute atomic E-state index is 0.0144. The van der Waals surface area contributed by atoms with Crippen LogP contribution in [-0.4, -0.2) is 25.7 Å². The number of methoxy groups -OCH3 is 1. The zero-order chi connectivity index (χ0) is 17.5. The first-order valence-corrected chi connectivity index (χ1v) is 6.90. The van der Waals surface area contributed by atoms with Crippen LogP contribution in [-0.2, 0) is 16.0 Å². The van der Waals surface area contributed by atoms with Gasteiger partial charge in [0.2, 0.25) is 0 Å². The molecule has 0 saturated carbocycles. The fraction of sp³-hybridized carbons (Fsp3) is 0.176. The zero-order valence-corrected chi connectivity index (χ0v) is 12.7. The first-order chi connectivity index (χ1) is 11.5. The maximum Gasteiger partial charge on any atom is 0.387 e. The Balaban J connectivity index is 1.92. The fourth-order valence-corrected chi connectivity index (χ4v) is 1.90. The number of alkyl halides is 2. The van der Waals surface area contributed by atoms with Crippen molar-refractivity contribution in [2.75, 3.05) is 7.11 Å². The number of benzene rings is 2. The number of hydrogen-bond acceptors (Lipinski definition) is 5. The van der Waals surface area contributed by atoms with E-state index in [0.29, 0.717) is 11.1 Å². The van der Waals surface area contributed by atoms with E-state index in [9.17, 15) is 18.4 Å². The molecule has 0 heterocycles. The Morgan fingerprint density at radius 2 is 1.54 bits per heavy atom. The van der Waals surface area contributed by atoms with Crippen molar-refractivity contribution < 1.29 is 32.6 Å². The van der Waals surface area contributed by atoms with Gasteiger partial charge in [0.05, 0.1) is 19.1 Å². The largest absolute Gasteiger partial charge is 0.465 e.